The maximum Gasteiger partial charge on any atom is 0.227 e. The molecule has 2 aliphatic rings. The summed E-state index contributed by atoms with van der Waals surface area (Å²) in [7, 11) is 1.63. The molecule has 1 heterocycles. The van der Waals surface area contributed by atoms with Gasteiger partial charge in [-0.25, -0.2) is 0 Å². The number of nitrogens with one attached hydrogen (secondary N) is 2. The van der Waals surface area contributed by atoms with Gasteiger partial charge in [-0.2, -0.15) is 0 Å². The van der Waals surface area contributed by atoms with E-state index in [1.165, 1.54) is 12.8 Å². The van der Waals surface area contributed by atoms with Gasteiger partial charge < -0.3 is 15.4 Å². The van der Waals surface area contributed by atoms with Crippen molar-refractivity contribution in [3.63, 3.8) is 0 Å². The predicted octanol–water partition coefficient (Wildman–Crippen LogP) is 2.79. The summed E-state index contributed by atoms with van der Waals surface area (Å²) in [5.74, 6) is 1.47. The van der Waals surface area contributed by atoms with E-state index in [1.807, 2.05) is 18.2 Å². The lowest BCUT2D eigenvalue weighted by Gasteiger charge is -2.37. The Morgan fingerprint density at radius 2 is 2.35 bits per heavy atom. The molecule has 1 aromatic rings. The third kappa shape index (κ3) is 3.33. The molecule has 2 N–H and O–H groups in total. The average molecular weight is 337 g/mol. The van der Waals surface area contributed by atoms with Gasteiger partial charge in [0, 0.05) is 18.1 Å². The second-order valence-corrected chi connectivity index (χ2v) is 7.10. The molecule has 3 rings (SSSR count). The molecule has 1 saturated heterocycles. The average Bonchev–Trinajstić information content (AvgIpc) is 3.01. The van der Waals surface area contributed by atoms with Gasteiger partial charge in [-0.05, 0) is 49.4 Å². The summed E-state index contributed by atoms with van der Waals surface area (Å²) in [4.78, 5) is 12.8. The van der Waals surface area contributed by atoms with E-state index >= 15 is 0 Å². The molecule has 1 saturated carbocycles. The van der Waals surface area contributed by atoms with Crippen molar-refractivity contribution in [2.75, 3.05) is 26.7 Å². The van der Waals surface area contributed by atoms with E-state index in [2.05, 4.69) is 10.6 Å². The molecule has 0 spiro atoms. The van der Waals surface area contributed by atoms with Gasteiger partial charge in [-0.3, -0.25) is 4.79 Å². The van der Waals surface area contributed by atoms with Crippen molar-refractivity contribution in [1.82, 2.24) is 10.6 Å². The lowest BCUT2D eigenvalue weighted by atomic mass is 9.67. The first-order chi connectivity index (χ1) is 11.2. The lowest BCUT2D eigenvalue weighted by molar-refractivity contribution is -0.133. The van der Waals surface area contributed by atoms with Gasteiger partial charge >= 0.3 is 0 Å². The van der Waals surface area contributed by atoms with E-state index in [4.69, 9.17) is 16.3 Å². The molecule has 126 valence electrons. The number of rotatable bonds is 5. The SMILES string of the molecule is COc1ccc(CCNC(=O)[C@@]23CCCC[C@H]2CNC3)c(Cl)c1. The fraction of sp³-hybridized carbons (Fsp3) is 0.611. The first kappa shape index (κ1) is 16.6. The van der Waals surface area contributed by atoms with Crippen LogP contribution in [0.5, 0.6) is 5.75 Å². The second-order valence-electron chi connectivity index (χ2n) is 6.69. The summed E-state index contributed by atoms with van der Waals surface area (Å²) in [6.45, 7) is 2.43. The van der Waals surface area contributed by atoms with Gasteiger partial charge in [-0.15, -0.1) is 0 Å². The predicted molar refractivity (Wildman–Crippen MR) is 92.0 cm³/mol. The van der Waals surface area contributed by atoms with E-state index in [1.54, 1.807) is 7.11 Å². The molecule has 0 bridgehead atoms. The van der Waals surface area contributed by atoms with Gasteiger partial charge in [0.05, 0.1) is 12.5 Å². The highest BCUT2D eigenvalue weighted by Gasteiger charge is 2.49. The third-order valence-corrected chi connectivity index (χ3v) is 5.78. The van der Waals surface area contributed by atoms with Crippen molar-refractivity contribution in [3.05, 3.63) is 28.8 Å². The maximum absolute atomic E-state index is 12.8. The number of hydrogen-bond acceptors (Lipinski definition) is 3. The molecule has 1 aromatic carbocycles. The van der Waals surface area contributed by atoms with Crippen LogP contribution in [0.15, 0.2) is 18.2 Å². The molecule has 1 aliphatic carbocycles. The molecular formula is C18H25ClN2O2. The molecule has 1 amide bonds. The minimum atomic E-state index is -0.179. The number of hydrogen-bond donors (Lipinski definition) is 2. The second kappa shape index (κ2) is 7.10. The Morgan fingerprint density at radius 1 is 1.48 bits per heavy atom. The zero-order chi connectivity index (χ0) is 16.3. The number of carbonyl (C=O) groups excluding carboxylic acids is 1. The number of carbonyl (C=O) groups is 1. The number of fused-ring (bicyclic) bond motifs is 1. The minimum absolute atomic E-state index is 0.179. The zero-order valence-corrected chi connectivity index (χ0v) is 14.4. The van der Waals surface area contributed by atoms with Gasteiger partial charge in [0.25, 0.3) is 0 Å². The Bertz CT molecular complexity index is 578. The first-order valence-electron chi connectivity index (χ1n) is 8.47. The summed E-state index contributed by atoms with van der Waals surface area (Å²) in [6, 6.07) is 5.68. The van der Waals surface area contributed by atoms with Gasteiger partial charge in [-0.1, -0.05) is 30.5 Å². The molecular weight excluding hydrogens is 312 g/mol. The van der Waals surface area contributed by atoms with Crippen LogP contribution in [-0.4, -0.2) is 32.7 Å². The van der Waals surface area contributed by atoms with Crippen LogP contribution in [0, 0.1) is 11.3 Å². The van der Waals surface area contributed by atoms with Crippen molar-refractivity contribution >= 4 is 17.5 Å². The van der Waals surface area contributed by atoms with Gasteiger partial charge in [0.2, 0.25) is 5.91 Å². The van der Waals surface area contributed by atoms with Crippen LogP contribution in [0.25, 0.3) is 0 Å². The summed E-state index contributed by atoms with van der Waals surface area (Å²) < 4.78 is 5.16. The first-order valence-corrected chi connectivity index (χ1v) is 8.85. The Hall–Kier alpha value is -1.26. The number of halogens is 1. The van der Waals surface area contributed by atoms with Crippen molar-refractivity contribution in [1.29, 1.82) is 0 Å². The highest BCUT2D eigenvalue weighted by molar-refractivity contribution is 6.31. The smallest absolute Gasteiger partial charge is 0.227 e. The van der Waals surface area contributed by atoms with E-state index in [0.717, 1.165) is 43.7 Å². The molecule has 23 heavy (non-hydrogen) atoms. The van der Waals surface area contributed by atoms with E-state index in [9.17, 15) is 4.79 Å². The van der Waals surface area contributed by atoms with Crippen LogP contribution in [-0.2, 0) is 11.2 Å². The monoisotopic (exact) mass is 336 g/mol. The number of benzene rings is 1. The van der Waals surface area contributed by atoms with Crippen LogP contribution in [0.2, 0.25) is 5.02 Å². The Balaban J connectivity index is 1.57. The van der Waals surface area contributed by atoms with Gasteiger partial charge in [0.15, 0.2) is 0 Å². The fourth-order valence-corrected chi connectivity index (χ4v) is 4.30. The van der Waals surface area contributed by atoms with Crippen molar-refractivity contribution in [2.45, 2.75) is 32.1 Å². The zero-order valence-electron chi connectivity index (χ0n) is 13.7. The number of amides is 1. The summed E-state index contributed by atoms with van der Waals surface area (Å²) >= 11 is 6.26. The van der Waals surface area contributed by atoms with E-state index < -0.39 is 0 Å². The highest BCUT2D eigenvalue weighted by Crippen LogP contribution is 2.43. The number of methoxy groups -OCH3 is 1. The largest absolute Gasteiger partial charge is 0.497 e. The summed E-state index contributed by atoms with van der Waals surface area (Å²) in [5.41, 5.74) is 0.858. The lowest BCUT2D eigenvalue weighted by Crippen LogP contribution is -2.48. The molecule has 5 heteroatoms. The van der Waals surface area contributed by atoms with E-state index in [-0.39, 0.29) is 11.3 Å². The van der Waals surface area contributed by atoms with Crippen LogP contribution in [0.4, 0.5) is 0 Å². The standard InChI is InChI=1S/C18H25ClN2O2/c1-23-15-6-5-13(16(19)10-15)7-9-21-17(22)18-8-3-2-4-14(18)11-20-12-18/h5-6,10,14,20H,2-4,7-9,11-12H2,1H3,(H,21,22)/t14-,18+/m0/s1. The van der Waals surface area contributed by atoms with Crippen LogP contribution >= 0.6 is 11.6 Å². The summed E-state index contributed by atoms with van der Waals surface area (Å²) in [5, 5.41) is 7.26. The minimum Gasteiger partial charge on any atom is -0.497 e. The topological polar surface area (TPSA) is 50.4 Å². The Labute approximate surface area is 142 Å². The molecule has 0 aromatic heterocycles. The summed E-state index contributed by atoms with van der Waals surface area (Å²) in [6.07, 6.45) is 5.34. The molecule has 1 aliphatic heterocycles. The molecule has 2 atom stereocenters. The van der Waals surface area contributed by atoms with E-state index in [0.29, 0.717) is 17.5 Å². The fourth-order valence-electron chi connectivity index (χ4n) is 4.03. The Kier molecular flexibility index (Phi) is 5.12. The van der Waals surface area contributed by atoms with Gasteiger partial charge in [0.1, 0.15) is 5.75 Å². The molecule has 0 radical (unpaired) electrons. The third-order valence-electron chi connectivity index (χ3n) is 5.43. The van der Waals surface area contributed by atoms with Crippen LogP contribution in [0.3, 0.4) is 0 Å². The highest BCUT2D eigenvalue weighted by atomic mass is 35.5. The van der Waals surface area contributed by atoms with Crippen molar-refractivity contribution in [2.24, 2.45) is 11.3 Å². The molecule has 2 fully saturated rings. The quantitative estimate of drug-likeness (QED) is 0.869. The normalized spacial score (nSPS) is 26.6. The maximum atomic E-state index is 12.8. The van der Waals surface area contributed by atoms with Crippen molar-refractivity contribution in [3.8, 4) is 5.75 Å². The Morgan fingerprint density at radius 3 is 3.13 bits per heavy atom. The molecule has 4 nitrogen and oxygen atoms in total. The van der Waals surface area contributed by atoms with Crippen LogP contribution in [0.1, 0.15) is 31.2 Å². The number of ether oxygens (including phenoxy) is 1. The van der Waals surface area contributed by atoms with Crippen LogP contribution < -0.4 is 15.4 Å². The molecule has 0 unspecified atom stereocenters. The van der Waals surface area contributed by atoms with Crippen molar-refractivity contribution < 1.29 is 9.53 Å².